The summed E-state index contributed by atoms with van der Waals surface area (Å²) in [5.74, 6) is -1.10. The fraction of sp³-hybridized carbons (Fsp3) is 0.238. The van der Waals surface area contributed by atoms with Crippen LogP contribution in [0.15, 0.2) is 30.3 Å². The molecule has 5 amide bonds. The van der Waals surface area contributed by atoms with Crippen molar-refractivity contribution < 1.29 is 19.2 Å². The standard InChI is InChI=1S/C21H17Cl3N4O4/c22-12-6-14(23)18(15(24)7-12)28(21(25)32)8-10-1-2-13-11(5-10)9-27(20(13)31)16-3-4-17(29)26-19(16)30/h1-2,5-7,16H,3-4,8-9H2,(H2,25,32)(H,26,29,30). The van der Waals surface area contributed by atoms with Crippen LogP contribution in [0.3, 0.4) is 0 Å². The van der Waals surface area contributed by atoms with Crippen molar-refractivity contribution in [1.29, 1.82) is 0 Å². The van der Waals surface area contributed by atoms with Gasteiger partial charge in [-0.2, -0.15) is 0 Å². The minimum absolute atomic E-state index is 0.0519. The number of primary amides is 1. The monoisotopic (exact) mass is 494 g/mol. The number of carbonyl (C=O) groups excluding carboxylic acids is 4. The molecule has 32 heavy (non-hydrogen) atoms. The van der Waals surface area contributed by atoms with Gasteiger partial charge >= 0.3 is 6.03 Å². The summed E-state index contributed by atoms with van der Waals surface area (Å²) in [4.78, 5) is 51.3. The Balaban J connectivity index is 1.59. The second-order valence-corrected chi connectivity index (χ2v) is 8.78. The Morgan fingerprint density at radius 1 is 1.12 bits per heavy atom. The summed E-state index contributed by atoms with van der Waals surface area (Å²) in [6.45, 7) is 0.267. The fourth-order valence-corrected chi connectivity index (χ4v) is 4.99. The van der Waals surface area contributed by atoms with Gasteiger partial charge in [0.1, 0.15) is 6.04 Å². The van der Waals surface area contributed by atoms with Gasteiger partial charge in [-0.1, -0.05) is 46.9 Å². The molecule has 1 saturated heterocycles. The van der Waals surface area contributed by atoms with E-state index in [1.54, 1.807) is 18.2 Å². The van der Waals surface area contributed by atoms with Crippen LogP contribution in [0.4, 0.5) is 10.5 Å². The number of fused-ring (bicyclic) bond motifs is 1. The average molecular weight is 496 g/mol. The number of nitrogens with zero attached hydrogens (tertiary/aromatic N) is 2. The van der Waals surface area contributed by atoms with Crippen LogP contribution in [0, 0.1) is 0 Å². The first-order valence-corrected chi connectivity index (χ1v) is 10.8. The van der Waals surface area contributed by atoms with E-state index < -0.39 is 18.0 Å². The molecular formula is C21H17Cl3N4O4. The van der Waals surface area contributed by atoms with E-state index in [2.05, 4.69) is 5.32 Å². The number of nitrogens with two attached hydrogens (primary N) is 1. The van der Waals surface area contributed by atoms with Crippen molar-refractivity contribution in [3.8, 4) is 0 Å². The SMILES string of the molecule is NC(=O)N(Cc1ccc2c(c1)CN(C1CCC(=O)NC1=O)C2=O)c1c(Cl)cc(Cl)cc1Cl. The maximum atomic E-state index is 12.8. The highest BCUT2D eigenvalue weighted by Crippen LogP contribution is 2.37. The zero-order valence-electron chi connectivity index (χ0n) is 16.5. The molecule has 1 fully saturated rings. The Bertz CT molecular complexity index is 1150. The van der Waals surface area contributed by atoms with Gasteiger partial charge in [0.15, 0.2) is 0 Å². The molecule has 2 aliphatic rings. The first kappa shape index (κ1) is 22.4. The highest BCUT2D eigenvalue weighted by Gasteiger charge is 2.39. The third-order valence-corrected chi connectivity index (χ3v) is 6.24. The molecule has 2 aromatic rings. The van der Waals surface area contributed by atoms with Gasteiger partial charge in [0.2, 0.25) is 11.8 Å². The Labute approximate surface area is 198 Å². The molecule has 0 radical (unpaired) electrons. The number of urea groups is 1. The molecule has 0 bridgehead atoms. The number of piperidine rings is 1. The van der Waals surface area contributed by atoms with Crippen molar-refractivity contribution in [1.82, 2.24) is 10.2 Å². The lowest BCUT2D eigenvalue weighted by Gasteiger charge is -2.29. The second kappa shape index (κ2) is 8.61. The predicted octanol–water partition coefficient (Wildman–Crippen LogP) is 3.49. The maximum absolute atomic E-state index is 12.8. The number of carbonyl (C=O) groups is 4. The first-order valence-electron chi connectivity index (χ1n) is 9.63. The number of anilines is 1. The van der Waals surface area contributed by atoms with Gasteiger partial charge in [-0.05, 0) is 35.7 Å². The van der Waals surface area contributed by atoms with Gasteiger partial charge in [-0.25, -0.2) is 4.79 Å². The van der Waals surface area contributed by atoms with Crippen LogP contribution < -0.4 is 16.0 Å². The van der Waals surface area contributed by atoms with E-state index in [1.807, 2.05) is 0 Å². The quantitative estimate of drug-likeness (QED) is 0.632. The summed E-state index contributed by atoms with van der Waals surface area (Å²) < 4.78 is 0. The minimum Gasteiger partial charge on any atom is -0.351 e. The van der Waals surface area contributed by atoms with Crippen molar-refractivity contribution in [2.75, 3.05) is 4.90 Å². The Morgan fingerprint density at radius 3 is 2.44 bits per heavy atom. The van der Waals surface area contributed by atoms with Crippen LogP contribution >= 0.6 is 34.8 Å². The number of hydrogen-bond donors (Lipinski definition) is 2. The molecule has 8 nitrogen and oxygen atoms in total. The van der Waals surface area contributed by atoms with E-state index in [1.165, 1.54) is 21.9 Å². The van der Waals surface area contributed by atoms with Gasteiger partial charge in [-0.15, -0.1) is 0 Å². The van der Waals surface area contributed by atoms with E-state index in [4.69, 9.17) is 40.5 Å². The highest BCUT2D eigenvalue weighted by atomic mass is 35.5. The largest absolute Gasteiger partial charge is 0.351 e. The van der Waals surface area contributed by atoms with E-state index in [0.717, 1.165) is 0 Å². The van der Waals surface area contributed by atoms with Crippen molar-refractivity contribution in [2.24, 2.45) is 5.73 Å². The average Bonchev–Trinajstić information content (AvgIpc) is 3.02. The Hall–Kier alpha value is -2.81. The molecule has 11 heteroatoms. The van der Waals surface area contributed by atoms with Crippen LogP contribution in [0.2, 0.25) is 15.1 Å². The van der Waals surface area contributed by atoms with Crippen molar-refractivity contribution in [2.45, 2.75) is 32.0 Å². The molecule has 1 atom stereocenters. The molecule has 0 spiro atoms. The number of nitrogens with one attached hydrogen (secondary N) is 1. The van der Waals surface area contributed by atoms with Gasteiger partial charge < -0.3 is 10.6 Å². The normalized spacial score (nSPS) is 17.9. The summed E-state index contributed by atoms with van der Waals surface area (Å²) in [7, 11) is 0. The smallest absolute Gasteiger partial charge is 0.319 e. The molecule has 2 heterocycles. The molecule has 3 N–H and O–H groups in total. The molecule has 2 aromatic carbocycles. The molecule has 2 aliphatic heterocycles. The summed E-state index contributed by atoms with van der Waals surface area (Å²) in [6, 6.07) is 6.55. The van der Waals surface area contributed by atoms with E-state index in [0.29, 0.717) is 21.7 Å². The van der Waals surface area contributed by atoms with Crippen LogP contribution in [0.25, 0.3) is 0 Å². The topological polar surface area (TPSA) is 113 Å². The number of benzene rings is 2. The number of halogens is 3. The molecule has 1 unspecified atom stereocenters. The number of rotatable bonds is 4. The minimum atomic E-state index is -0.766. The van der Waals surface area contributed by atoms with Gasteiger partial charge in [0, 0.05) is 23.6 Å². The van der Waals surface area contributed by atoms with E-state index in [-0.39, 0.29) is 53.5 Å². The van der Waals surface area contributed by atoms with Crippen LogP contribution in [-0.4, -0.2) is 34.7 Å². The Kier molecular flexibility index (Phi) is 6.03. The summed E-state index contributed by atoms with van der Waals surface area (Å²) in [5, 5.41) is 2.93. The zero-order valence-corrected chi connectivity index (χ0v) is 18.8. The van der Waals surface area contributed by atoms with Gasteiger partial charge in [-0.3, -0.25) is 24.6 Å². The van der Waals surface area contributed by atoms with Crippen molar-refractivity contribution >= 4 is 64.2 Å². The number of imide groups is 1. The molecule has 0 saturated carbocycles. The highest BCUT2D eigenvalue weighted by molar-refractivity contribution is 6.42. The van der Waals surface area contributed by atoms with Gasteiger partial charge in [0.05, 0.1) is 22.3 Å². The fourth-order valence-electron chi connectivity index (χ4n) is 3.97. The van der Waals surface area contributed by atoms with Crippen molar-refractivity contribution in [3.63, 3.8) is 0 Å². The molecule has 0 aliphatic carbocycles. The Morgan fingerprint density at radius 2 is 1.81 bits per heavy atom. The molecule has 0 aromatic heterocycles. The third-order valence-electron chi connectivity index (χ3n) is 5.45. The van der Waals surface area contributed by atoms with E-state index >= 15 is 0 Å². The van der Waals surface area contributed by atoms with Gasteiger partial charge in [0.25, 0.3) is 5.91 Å². The first-order chi connectivity index (χ1) is 15.2. The van der Waals surface area contributed by atoms with Crippen LogP contribution in [0.5, 0.6) is 0 Å². The third kappa shape index (κ3) is 4.13. The van der Waals surface area contributed by atoms with Crippen molar-refractivity contribution in [3.05, 3.63) is 62.1 Å². The summed E-state index contributed by atoms with van der Waals surface area (Å²) in [5.41, 5.74) is 7.66. The number of hydrogen-bond acceptors (Lipinski definition) is 4. The second-order valence-electron chi connectivity index (χ2n) is 7.53. The summed E-state index contributed by atoms with van der Waals surface area (Å²) in [6.07, 6.45) is 0.457. The summed E-state index contributed by atoms with van der Waals surface area (Å²) >= 11 is 18.5. The molecule has 166 valence electrons. The zero-order chi connectivity index (χ0) is 23.2. The lowest BCUT2D eigenvalue weighted by molar-refractivity contribution is -0.136. The lowest BCUT2D eigenvalue weighted by atomic mass is 10.0. The lowest BCUT2D eigenvalue weighted by Crippen LogP contribution is -2.52. The van der Waals surface area contributed by atoms with E-state index in [9.17, 15) is 19.2 Å². The molecule has 4 rings (SSSR count). The molecular weight excluding hydrogens is 479 g/mol. The van der Waals surface area contributed by atoms with Crippen LogP contribution in [-0.2, 0) is 22.7 Å². The predicted molar refractivity (Wildman–Crippen MR) is 120 cm³/mol. The number of amides is 5. The van der Waals surface area contributed by atoms with Crippen LogP contribution in [0.1, 0.15) is 34.3 Å². The maximum Gasteiger partial charge on any atom is 0.319 e.